The highest BCUT2D eigenvalue weighted by atomic mass is 19.1. The van der Waals surface area contributed by atoms with Crippen LogP contribution < -0.4 is 10.1 Å². The lowest BCUT2D eigenvalue weighted by molar-refractivity contribution is -0.385. The number of para-hydroxylation sites is 2. The molecule has 5 nitrogen and oxygen atoms in total. The lowest BCUT2D eigenvalue weighted by Gasteiger charge is -2.09. The molecule has 0 bridgehead atoms. The molecular formula is C15H15FN2O3. The van der Waals surface area contributed by atoms with Crippen LogP contribution in [-0.2, 0) is 6.54 Å². The van der Waals surface area contributed by atoms with Crippen molar-refractivity contribution in [3.05, 3.63) is 64.0 Å². The van der Waals surface area contributed by atoms with Gasteiger partial charge in [-0.05, 0) is 30.3 Å². The highest BCUT2D eigenvalue weighted by Crippen LogP contribution is 2.32. The van der Waals surface area contributed by atoms with E-state index >= 15 is 0 Å². The first-order valence-electron chi connectivity index (χ1n) is 6.52. The molecule has 21 heavy (non-hydrogen) atoms. The second kappa shape index (κ2) is 6.81. The van der Waals surface area contributed by atoms with Crippen molar-refractivity contribution in [3.63, 3.8) is 0 Å². The lowest BCUT2D eigenvalue weighted by Crippen LogP contribution is -2.11. The van der Waals surface area contributed by atoms with Crippen molar-refractivity contribution in [2.45, 2.75) is 13.5 Å². The molecule has 110 valence electrons. The molecule has 0 radical (unpaired) electrons. The van der Waals surface area contributed by atoms with Crippen LogP contribution in [0.1, 0.15) is 12.5 Å². The Morgan fingerprint density at radius 1 is 1.24 bits per heavy atom. The van der Waals surface area contributed by atoms with Crippen LogP contribution in [0.25, 0.3) is 0 Å². The van der Waals surface area contributed by atoms with Crippen molar-refractivity contribution in [2.75, 3.05) is 6.54 Å². The molecule has 0 amide bonds. The second-order valence-corrected chi connectivity index (χ2v) is 4.37. The minimum Gasteiger partial charge on any atom is -0.447 e. The standard InChI is InChI=1S/C15H15FN2O3/c1-2-17-10-11-7-8-14(12(16)9-11)21-15-6-4-3-5-13(15)18(19)20/h3-9,17H,2,10H2,1H3. The Labute approximate surface area is 121 Å². The molecule has 0 aliphatic rings. The van der Waals surface area contributed by atoms with Crippen LogP contribution in [0, 0.1) is 15.9 Å². The molecule has 0 saturated carbocycles. The van der Waals surface area contributed by atoms with Gasteiger partial charge in [0.05, 0.1) is 4.92 Å². The van der Waals surface area contributed by atoms with Gasteiger partial charge in [-0.25, -0.2) is 4.39 Å². The van der Waals surface area contributed by atoms with Gasteiger partial charge in [0, 0.05) is 12.6 Å². The number of nitro groups is 1. The normalized spacial score (nSPS) is 10.4. The highest BCUT2D eigenvalue weighted by Gasteiger charge is 2.16. The van der Waals surface area contributed by atoms with Gasteiger partial charge in [-0.15, -0.1) is 0 Å². The summed E-state index contributed by atoms with van der Waals surface area (Å²) >= 11 is 0. The lowest BCUT2D eigenvalue weighted by atomic mass is 10.2. The molecule has 0 atom stereocenters. The van der Waals surface area contributed by atoms with Crippen LogP contribution in [-0.4, -0.2) is 11.5 Å². The molecule has 0 aliphatic heterocycles. The third kappa shape index (κ3) is 3.76. The van der Waals surface area contributed by atoms with Crippen LogP contribution in [0.5, 0.6) is 11.5 Å². The number of nitrogens with zero attached hydrogens (tertiary/aromatic N) is 1. The third-order valence-electron chi connectivity index (χ3n) is 2.86. The largest absolute Gasteiger partial charge is 0.447 e. The summed E-state index contributed by atoms with van der Waals surface area (Å²) in [6, 6.07) is 10.4. The fraction of sp³-hybridized carbons (Fsp3) is 0.200. The van der Waals surface area contributed by atoms with Crippen LogP contribution in [0.4, 0.5) is 10.1 Å². The van der Waals surface area contributed by atoms with Crippen molar-refractivity contribution >= 4 is 5.69 Å². The first-order valence-corrected chi connectivity index (χ1v) is 6.52. The van der Waals surface area contributed by atoms with Gasteiger partial charge in [0.2, 0.25) is 5.75 Å². The van der Waals surface area contributed by atoms with E-state index in [-0.39, 0.29) is 17.2 Å². The van der Waals surface area contributed by atoms with Crippen LogP contribution in [0.2, 0.25) is 0 Å². The highest BCUT2D eigenvalue weighted by molar-refractivity contribution is 5.48. The maximum atomic E-state index is 14.0. The van der Waals surface area contributed by atoms with Gasteiger partial charge >= 0.3 is 5.69 Å². The molecule has 0 fully saturated rings. The Morgan fingerprint density at radius 3 is 2.67 bits per heavy atom. The predicted octanol–water partition coefficient (Wildman–Crippen LogP) is 3.64. The number of nitro benzene ring substituents is 1. The number of rotatable bonds is 6. The Morgan fingerprint density at radius 2 is 2.00 bits per heavy atom. The summed E-state index contributed by atoms with van der Waals surface area (Å²) in [5, 5.41) is 14.0. The zero-order valence-corrected chi connectivity index (χ0v) is 11.5. The fourth-order valence-corrected chi connectivity index (χ4v) is 1.82. The first kappa shape index (κ1) is 14.9. The second-order valence-electron chi connectivity index (χ2n) is 4.37. The number of benzene rings is 2. The quantitative estimate of drug-likeness (QED) is 0.651. The third-order valence-corrected chi connectivity index (χ3v) is 2.86. The van der Waals surface area contributed by atoms with Crippen molar-refractivity contribution < 1.29 is 14.1 Å². The average Bonchev–Trinajstić information content (AvgIpc) is 2.48. The first-order chi connectivity index (χ1) is 10.1. The zero-order valence-electron chi connectivity index (χ0n) is 11.5. The molecule has 2 aromatic carbocycles. The maximum Gasteiger partial charge on any atom is 0.311 e. The maximum absolute atomic E-state index is 14.0. The predicted molar refractivity (Wildman–Crippen MR) is 77.0 cm³/mol. The van der Waals surface area contributed by atoms with Crippen molar-refractivity contribution in [1.82, 2.24) is 5.32 Å². The van der Waals surface area contributed by atoms with Crippen LogP contribution in [0.15, 0.2) is 42.5 Å². The molecule has 0 spiro atoms. The Kier molecular flexibility index (Phi) is 4.84. The van der Waals surface area contributed by atoms with Crippen LogP contribution in [0.3, 0.4) is 0 Å². The van der Waals surface area contributed by atoms with Crippen molar-refractivity contribution in [2.24, 2.45) is 0 Å². The summed E-state index contributed by atoms with van der Waals surface area (Å²) in [5.41, 5.74) is 0.581. The van der Waals surface area contributed by atoms with Gasteiger partial charge in [0.1, 0.15) is 0 Å². The van der Waals surface area contributed by atoms with E-state index in [2.05, 4.69) is 5.32 Å². The van der Waals surface area contributed by atoms with E-state index in [1.54, 1.807) is 12.1 Å². The molecule has 0 heterocycles. The summed E-state index contributed by atoms with van der Waals surface area (Å²) in [6.07, 6.45) is 0. The number of hydrogen-bond acceptors (Lipinski definition) is 4. The number of hydrogen-bond donors (Lipinski definition) is 1. The molecule has 1 N–H and O–H groups in total. The van der Waals surface area contributed by atoms with Gasteiger partial charge in [-0.2, -0.15) is 0 Å². The Hall–Kier alpha value is -2.47. The van der Waals surface area contributed by atoms with E-state index < -0.39 is 10.7 Å². The number of ether oxygens (including phenoxy) is 1. The summed E-state index contributed by atoms with van der Waals surface area (Å²) in [4.78, 5) is 10.3. The van der Waals surface area contributed by atoms with Gasteiger partial charge in [-0.1, -0.05) is 25.1 Å². The van der Waals surface area contributed by atoms with E-state index in [1.807, 2.05) is 6.92 Å². The van der Waals surface area contributed by atoms with Crippen molar-refractivity contribution in [3.8, 4) is 11.5 Å². The van der Waals surface area contributed by atoms with Crippen LogP contribution >= 0.6 is 0 Å². The SMILES string of the molecule is CCNCc1ccc(Oc2ccccc2[N+](=O)[O-])c(F)c1. The molecule has 0 saturated heterocycles. The molecule has 2 aromatic rings. The summed E-state index contributed by atoms with van der Waals surface area (Å²) in [7, 11) is 0. The summed E-state index contributed by atoms with van der Waals surface area (Å²) in [6.45, 7) is 3.30. The molecule has 0 aliphatic carbocycles. The number of halogens is 1. The van der Waals surface area contributed by atoms with E-state index in [4.69, 9.17) is 4.74 Å². The monoisotopic (exact) mass is 290 g/mol. The minimum atomic E-state index is -0.563. The molecular weight excluding hydrogens is 275 g/mol. The smallest absolute Gasteiger partial charge is 0.311 e. The molecule has 0 aromatic heterocycles. The van der Waals surface area contributed by atoms with Gasteiger partial charge < -0.3 is 10.1 Å². The average molecular weight is 290 g/mol. The summed E-state index contributed by atoms with van der Waals surface area (Å²) < 4.78 is 19.3. The van der Waals surface area contributed by atoms with Gasteiger partial charge in [0.25, 0.3) is 0 Å². The van der Waals surface area contributed by atoms with Gasteiger partial charge in [0.15, 0.2) is 11.6 Å². The van der Waals surface area contributed by atoms with E-state index in [9.17, 15) is 14.5 Å². The van der Waals surface area contributed by atoms with Crippen molar-refractivity contribution in [1.29, 1.82) is 0 Å². The number of nitrogens with one attached hydrogen (secondary N) is 1. The van der Waals surface area contributed by atoms with E-state index in [0.29, 0.717) is 6.54 Å². The Balaban J connectivity index is 2.22. The van der Waals surface area contributed by atoms with Gasteiger partial charge in [-0.3, -0.25) is 10.1 Å². The van der Waals surface area contributed by atoms with E-state index in [1.165, 1.54) is 30.3 Å². The molecule has 2 rings (SSSR count). The van der Waals surface area contributed by atoms with E-state index in [0.717, 1.165) is 12.1 Å². The molecule has 6 heteroatoms. The minimum absolute atomic E-state index is 0.0147. The zero-order chi connectivity index (χ0) is 15.2. The molecule has 0 unspecified atom stereocenters. The topological polar surface area (TPSA) is 64.4 Å². The summed E-state index contributed by atoms with van der Waals surface area (Å²) in [5.74, 6) is -0.575. The fourth-order valence-electron chi connectivity index (χ4n) is 1.82. The Bertz CT molecular complexity index is 647.